The molecule has 17 heavy (non-hydrogen) atoms. The van der Waals surface area contributed by atoms with Gasteiger partial charge in [0.1, 0.15) is 0 Å². The van der Waals surface area contributed by atoms with Crippen molar-refractivity contribution < 1.29 is 9.84 Å². The summed E-state index contributed by atoms with van der Waals surface area (Å²) in [5.41, 5.74) is 1.31. The Labute approximate surface area is 104 Å². The molecule has 0 saturated carbocycles. The lowest BCUT2D eigenvalue weighted by molar-refractivity contribution is -0.0137. The van der Waals surface area contributed by atoms with E-state index in [9.17, 15) is 5.11 Å². The number of aliphatic hydroxyl groups excluding tert-OH is 1. The minimum absolute atomic E-state index is 0.231. The molecule has 0 radical (unpaired) electrons. The molecule has 1 aliphatic heterocycles. The molecule has 1 heterocycles. The van der Waals surface area contributed by atoms with Crippen molar-refractivity contribution in [3.63, 3.8) is 0 Å². The molecule has 2 heteroatoms. The number of hydrogen-bond acceptors (Lipinski definition) is 2. The van der Waals surface area contributed by atoms with Crippen molar-refractivity contribution in [3.8, 4) is 0 Å². The third-order valence-corrected chi connectivity index (χ3v) is 3.70. The molecule has 1 fully saturated rings. The lowest BCUT2D eigenvalue weighted by atomic mass is 9.87. The van der Waals surface area contributed by atoms with Crippen LogP contribution < -0.4 is 0 Å². The maximum Gasteiger partial charge on any atom is 0.0596 e. The van der Waals surface area contributed by atoms with E-state index in [4.69, 9.17) is 4.74 Å². The Balaban J connectivity index is 1.87. The number of aliphatic hydroxyl groups is 1. The summed E-state index contributed by atoms with van der Waals surface area (Å²) in [7, 11) is 0. The second-order valence-corrected chi connectivity index (χ2v) is 5.09. The highest BCUT2D eigenvalue weighted by Gasteiger charge is 2.24. The summed E-state index contributed by atoms with van der Waals surface area (Å²) in [6, 6.07) is 10.4. The molecule has 1 aromatic rings. The van der Waals surface area contributed by atoms with E-state index in [1.165, 1.54) is 5.56 Å². The summed E-state index contributed by atoms with van der Waals surface area (Å²) in [5.74, 6) is 0.739. The van der Waals surface area contributed by atoms with Crippen molar-refractivity contribution in [2.45, 2.75) is 38.2 Å². The van der Waals surface area contributed by atoms with Gasteiger partial charge in [0, 0.05) is 12.5 Å². The minimum atomic E-state index is -0.231. The zero-order chi connectivity index (χ0) is 12.1. The molecule has 0 bridgehead atoms. The average molecular weight is 234 g/mol. The van der Waals surface area contributed by atoms with Crippen molar-refractivity contribution >= 4 is 0 Å². The molecule has 3 unspecified atom stereocenters. The molecule has 0 aromatic heterocycles. The Hall–Kier alpha value is -0.860. The fourth-order valence-corrected chi connectivity index (χ4v) is 2.54. The number of ether oxygens (including phenoxy) is 1. The van der Waals surface area contributed by atoms with Crippen molar-refractivity contribution in [3.05, 3.63) is 35.9 Å². The van der Waals surface area contributed by atoms with Crippen LogP contribution in [0.25, 0.3) is 0 Å². The van der Waals surface area contributed by atoms with E-state index in [0.717, 1.165) is 32.5 Å². The van der Waals surface area contributed by atoms with Gasteiger partial charge >= 0.3 is 0 Å². The highest BCUT2D eigenvalue weighted by atomic mass is 16.5. The number of benzene rings is 1. The van der Waals surface area contributed by atoms with Crippen molar-refractivity contribution in [2.24, 2.45) is 5.92 Å². The van der Waals surface area contributed by atoms with Gasteiger partial charge in [0.05, 0.1) is 12.7 Å². The molecule has 1 saturated heterocycles. The predicted molar refractivity (Wildman–Crippen MR) is 69.0 cm³/mol. The third-order valence-electron chi connectivity index (χ3n) is 3.70. The predicted octanol–water partition coefficient (Wildman–Crippen LogP) is 2.97. The fourth-order valence-electron chi connectivity index (χ4n) is 2.54. The van der Waals surface area contributed by atoms with Gasteiger partial charge in [-0.2, -0.15) is 0 Å². The third kappa shape index (κ3) is 3.55. The smallest absolute Gasteiger partial charge is 0.0596 e. The summed E-state index contributed by atoms with van der Waals surface area (Å²) in [5, 5.41) is 10.2. The van der Waals surface area contributed by atoms with E-state index >= 15 is 0 Å². The Morgan fingerprint density at radius 2 is 2.12 bits per heavy atom. The molecule has 1 aliphatic rings. The van der Waals surface area contributed by atoms with Crippen LogP contribution in [0.15, 0.2) is 30.3 Å². The zero-order valence-electron chi connectivity index (χ0n) is 10.5. The molecule has 0 spiro atoms. The van der Waals surface area contributed by atoms with Gasteiger partial charge in [0.2, 0.25) is 0 Å². The Morgan fingerprint density at radius 1 is 1.35 bits per heavy atom. The highest BCUT2D eigenvalue weighted by molar-refractivity contribution is 5.18. The van der Waals surface area contributed by atoms with Gasteiger partial charge < -0.3 is 9.84 Å². The maximum absolute atomic E-state index is 10.2. The summed E-state index contributed by atoms with van der Waals surface area (Å²) in [6.45, 7) is 3.77. The summed E-state index contributed by atoms with van der Waals surface area (Å²) in [4.78, 5) is 0. The van der Waals surface area contributed by atoms with Crippen LogP contribution in [0.4, 0.5) is 0 Å². The van der Waals surface area contributed by atoms with E-state index in [2.05, 4.69) is 31.2 Å². The van der Waals surface area contributed by atoms with Gasteiger partial charge in [-0.05, 0) is 30.7 Å². The maximum atomic E-state index is 10.2. The summed E-state index contributed by atoms with van der Waals surface area (Å²) < 4.78 is 5.43. The molecule has 0 amide bonds. The van der Waals surface area contributed by atoms with Gasteiger partial charge in [0.25, 0.3) is 0 Å². The van der Waals surface area contributed by atoms with Gasteiger partial charge in [-0.1, -0.05) is 37.3 Å². The fraction of sp³-hybridized carbons (Fsp3) is 0.600. The molecule has 2 rings (SSSR count). The van der Waals surface area contributed by atoms with E-state index < -0.39 is 0 Å². The first-order chi connectivity index (χ1) is 8.27. The molecule has 1 N–H and O–H groups in total. The van der Waals surface area contributed by atoms with Gasteiger partial charge in [-0.3, -0.25) is 0 Å². The van der Waals surface area contributed by atoms with Crippen LogP contribution in [0.5, 0.6) is 0 Å². The lowest BCUT2D eigenvalue weighted by Gasteiger charge is -2.28. The molecule has 94 valence electrons. The van der Waals surface area contributed by atoms with Crippen molar-refractivity contribution in [1.82, 2.24) is 0 Å². The van der Waals surface area contributed by atoms with Crippen LogP contribution in [0.2, 0.25) is 0 Å². The monoisotopic (exact) mass is 234 g/mol. The number of hydrogen-bond donors (Lipinski definition) is 1. The van der Waals surface area contributed by atoms with Crippen LogP contribution in [-0.4, -0.2) is 24.4 Å². The highest BCUT2D eigenvalue weighted by Crippen LogP contribution is 2.26. The van der Waals surface area contributed by atoms with Crippen LogP contribution in [0.1, 0.15) is 37.7 Å². The normalized spacial score (nSPS) is 24.2. The minimum Gasteiger partial charge on any atom is -0.393 e. The first-order valence-electron chi connectivity index (χ1n) is 6.58. The SMILES string of the molecule is CC(CC(O)C1CCCOC1)c1ccccc1. The molecule has 2 nitrogen and oxygen atoms in total. The average Bonchev–Trinajstić information content (AvgIpc) is 2.40. The van der Waals surface area contributed by atoms with Crippen LogP contribution in [-0.2, 0) is 4.74 Å². The molecular formula is C15H22O2. The molecular weight excluding hydrogens is 212 g/mol. The summed E-state index contributed by atoms with van der Waals surface area (Å²) >= 11 is 0. The quantitative estimate of drug-likeness (QED) is 0.868. The van der Waals surface area contributed by atoms with Gasteiger partial charge in [-0.15, -0.1) is 0 Å². The van der Waals surface area contributed by atoms with Gasteiger partial charge in [-0.25, -0.2) is 0 Å². The molecule has 0 aliphatic carbocycles. The van der Waals surface area contributed by atoms with Crippen LogP contribution in [0.3, 0.4) is 0 Å². The van der Waals surface area contributed by atoms with Gasteiger partial charge in [0.15, 0.2) is 0 Å². The first kappa shape index (κ1) is 12.6. The zero-order valence-corrected chi connectivity index (χ0v) is 10.5. The molecule has 3 atom stereocenters. The summed E-state index contributed by atoms with van der Waals surface area (Å²) in [6.07, 6.45) is 2.79. The van der Waals surface area contributed by atoms with E-state index in [1.54, 1.807) is 0 Å². The van der Waals surface area contributed by atoms with Crippen molar-refractivity contribution in [2.75, 3.05) is 13.2 Å². The van der Waals surface area contributed by atoms with E-state index in [0.29, 0.717) is 11.8 Å². The standard InChI is InChI=1S/C15H22O2/c1-12(13-6-3-2-4-7-13)10-15(16)14-8-5-9-17-11-14/h2-4,6-7,12,14-16H,5,8-11H2,1H3. The van der Waals surface area contributed by atoms with E-state index in [-0.39, 0.29) is 6.10 Å². The first-order valence-corrected chi connectivity index (χ1v) is 6.58. The second kappa shape index (κ2) is 6.18. The Morgan fingerprint density at radius 3 is 2.76 bits per heavy atom. The Bertz CT molecular complexity index is 317. The van der Waals surface area contributed by atoms with Crippen LogP contribution >= 0.6 is 0 Å². The second-order valence-electron chi connectivity index (χ2n) is 5.09. The Kier molecular flexibility index (Phi) is 4.57. The van der Waals surface area contributed by atoms with E-state index in [1.807, 2.05) is 6.07 Å². The van der Waals surface area contributed by atoms with Crippen LogP contribution in [0, 0.1) is 5.92 Å². The topological polar surface area (TPSA) is 29.5 Å². The largest absolute Gasteiger partial charge is 0.393 e. The van der Waals surface area contributed by atoms with Crippen molar-refractivity contribution in [1.29, 1.82) is 0 Å². The molecule has 1 aromatic carbocycles. The lowest BCUT2D eigenvalue weighted by Crippen LogP contribution is -2.30. The number of rotatable bonds is 4.